The summed E-state index contributed by atoms with van der Waals surface area (Å²) in [7, 11) is 1.67. The molecular formula is C14H17BrN2O. The van der Waals surface area contributed by atoms with Gasteiger partial charge in [-0.3, -0.25) is 4.98 Å². The van der Waals surface area contributed by atoms with Crippen LogP contribution in [0, 0.1) is 0 Å². The van der Waals surface area contributed by atoms with E-state index in [2.05, 4.69) is 53.1 Å². The molecule has 0 radical (unpaired) electrons. The number of aromatic nitrogens is 1. The lowest BCUT2D eigenvalue weighted by Gasteiger charge is -2.24. The molecule has 1 aromatic carbocycles. The molecule has 1 heterocycles. The summed E-state index contributed by atoms with van der Waals surface area (Å²) in [6.45, 7) is 6.36. The van der Waals surface area contributed by atoms with E-state index in [-0.39, 0.29) is 5.54 Å². The fourth-order valence-corrected chi connectivity index (χ4v) is 2.25. The van der Waals surface area contributed by atoms with Crippen LogP contribution in [0.1, 0.15) is 20.8 Å². The average molecular weight is 309 g/mol. The zero-order valence-corrected chi connectivity index (χ0v) is 12.6. The van der Waals surface area contributed by atoms with Gasteiger partial charge in [0.15, 0.2) is 0 Å². The molecule has 0 saturated carbocycles. The lowest BCUT2D eigenvalue weighted by atomic mass is 10.1. The number of fused-ring (bicyclic) bond motifs is 1. The Balaban J connectivity index is 2.60. The largest absolute Gasteiger partial charge is 0.495 e. The summed E-state index contributed by atoms with van der Waals surface area (Å²) >= 11 is 3.55. The number of rotatable bonds is 2. The van der Waals surface area contributed by atoms with Crippen LogP contribution in [-0.4, -0.2) is 17.6 Å². The summed E-state index contributed by atoms with van der Waals surface area (Å²) in [5.74, 6) is 0.808. The van der Waals surface area contributed by atoms with Crippen molar-refractivity contribution in [1.82, 2.24) is 4.98 Å². The van der Waals surface area contributed by atoms with Crippen LogP contribution in [-0.2, 0) is 0 Å². The molecule has 0 aliphatic rings. The molecule has 2 rings (SSSR count). The van der Waals surface area contributed by atoms with Crippen molar-refractivity contribution in [1.29, 1.82) is 0 Å². The third-order valence-electron chi connectivity index (χ3n) is 2.52. The molecule has 0 amide bonds. The third-order valence-corrected chi connectivity index (χ3v) is 3.21. The zero-order valence-electron chi connectivity index (χ0n) is 11.0. The van der Waals surface area contributed by atoms with Crippen LogP contribution in [0.25, 0.3) is 10.9 Å². The summed E-state index contributed by atoms with van der Waals surface area (Å²) in [6.07, 6.45) is 1.78. The highest BCUT2D eigenvalue weighted by Crippen LogP contribution is 2.34. The van der Waals surface area contributed by atoms with Crippen molar-refractivity contribution in [2.45, 2.75) is 26.3 Å². The number of nitrogens with one attached hydrogen (secondary N) is 1. The second kappa shape index (κ2) is 4.76. The van der Waals surface area contributed by atoms with Crippen LogP contribution in [0.3, 0.4) is 0 Å². The minimum absolute atomic E-state index is 0.0182. The molecule has 0 atom stereocenters. The lowest BCUT2D eigenvalue weighted by Crippen LogP contribution is -2.26. The number of nitrogens with zero attached hydrogens (tertiary/aromatic N) is 1. The van der Waals surface area contributed by atoms with E-state index < -0.39 is 0 Å². The first kappa shape index (κ1) is 13.1. The number of ether oxygens (including phenoxy) is 1. The predicted molar refractivity (Wildman–Crippen MR) is 79.4 cm³/mol. The molecule has 2 aromatic rings. The van der Waals surface area contributed by atoms with Gasteiger partial charge in [0.25, 0.3) is 0 Å². The van der Waals surface area contributed by atoms with Crippen molar-refractivity contribution in [3.63, 3.8) is 0 Å². The Labute approximate surface area is 116 Å². The fraction of sp³-hybridized carbons (Fsp3) is 0.357. The molecule has 3 nitrogen and oxygen atoms in total. The minimum atomic E-state index is -0.0182. The van der Waals surface area contributed by atoms with E-state index in [0.717, 1.165) is 26.8 Å². The van der Waals surface area contributed by atoms with Gasteiger partial charge in [-0.1, -0.05) is 15.9 Å². The second-order valence-corrected chi connectivity index (χ2v) is 6.09. The predicted octanol–water partition coefficient (Wildman–Crippen LogP) is 4.22. The van der Waals surface area contributed by atoms with E-state index >= 15 is 0 Å². The van der Waals surface area contributed by atoms with Crippen molar-refractivity contribution in [3.05, 3.63) is 28.9 Å². The molecule has 4 heteroatoms. The highest BCUT2D eigenvalue weighted by molar-refractivity contribution is 9.10. The van der Waals surface area contributed by atoms with Crippen LogP contribution < -0.4 is 10.1 Å². The zero-order chi connectivity index (χ0) is 13.3. The Bertz CT molecular complexity index is 576. The molecule has 0 bridgehead atoms. The van der Waals surface area contributed by atoms with Gasteiger partial charge in [0.05, 0.1) is 18.3 Å². The van der Waals surface area contributed by atoms with E-state index in [1.165, 1.54) is 0 Å². The Hall–Kier alpha value is -1.29. The van der Waals surface area contributed by atoms with E-state index in [4.69, 9.17) is 4.74 Å². The maximum atomic E-state index is 5.42. The van der Waals surface area contributed by atoms with E-state index in [0.29, 0.717) is 0 Å². The quantitative estimate of drug-likeness (QED) is 0.902. The number of halogens is 1. The highest BCUT2D eigenvalue weighted by atomic mass is 79.9. The maximum Gasteiger partial charge on any atom is 0.144 e. The first-order valence-corrected chi connectivity index (χ1v) is 6.60. The number of methoxy groups -OCH3 is 1. The summed E-state index contributed by atoms with van der Waals surface area (Å²) in [6, 6.07) is 5.96. The first-order chi connectivity index (χ1) is 8.40. The molecule has 0 spiro atoms. The highest BCUT2D eigenvalue weighted by Gasteiger charge is 2.14. The van der Waals surface area contributed by atoms with Gasteiger partial charge in [0.1, 0.15) is 5.75 Å². The lowest BCUT2D eigenvalue weighted by molar-refractivity contribution is 0.415. The fourth-order valence-electron chi connectivity index (χ4n) is 1.81. The Morgan fingerprint density at radius 2 is 2.00 bits per heavy atom. The van der Waals surface area contributed by atoms with Gasteiger partial charge in [-0.25, -0.2) is 0 Å². The van der Waals surface area contributed by atoms with Crippen molar-refractivity contribution < 1.29 is 4.74 Å². The van der Waals surface area contributed by atoms with Crippen LogP contribution in [0.2, 0.25) is 0 Å². The average Bonchev–Trinajstić information content (AvgIpc) is 2.27. The number of benzene rings is 1. The number of anilines is 1. The molecule has 0 unspecified atom stereocenters. The van der Waals surface area contributed by atoms with Crippen LogP contribution in [0.5, 0.6) is 5.75 Å². The monoisotopic (exact) mass is 308 g/mol. The molecule has 1 aromatic heterocycles. The van der Waals surface area contributed by atoms with Gasteiger partial charge in [0, 0.05) is 27.7 Å². The summed E-state index contributed by atoms with van der Waals surface area (Å²) in [5.41, 5.74) is 1.88. The molecule has 0 fully saturated rings. The Kier molecular flexibility index (Phi) is 3.48. The molecule has 96 valence electrons. The van der Waals surface area contributed by atoms with Crippen LogP contribution in [0.4, 0.5) is 5.69 Å². The molecular weight excluding hydrogens is 292 g/mol. The number of hydrogen-bond acceptors (Lipinski definition) is 3. The van der Waals surface area contributed by atoms with Gasteiger partial charge in [-0.15, -0.1) is 0 Å². The Morgan fingerprint density at radius 1 is 1.28 bits per heavy atom. The molecule has 18 heavy (non-hydrogen) atoms. The van der Waals surface area contributed by atoms with Crippen molar-refractivity contribution in [3.8, 4) is 5.75 Å². The summed E-state index contributed by atoms with van der Waals surface area (Å²) in [4.78, 5) is 4.35. The minimum Gasteiger partial charge on any atom is -0.495 e. The van der Waals surface area contributed by atoms with Crippen molar-refractivity contribution in [2.24, 2.45) is 0 Å². The van der Waals surface area contributed by atoms with Gasteiger partial charge < -0.3 is 10.1 Å². The normalized spacial score (nSPS) is 11.6. The summed E-state index contributed by atoms with van der Waals surface area (Å²) < 4.78 is 6.46. The standard InChI is InChI=1S/C14H17BrN2O/c1-14(2,3)17-12-7-9-10(15)5-6-16-11(9)8-13(12)18-4/h5-8,17H,1-4H3. The van der Waals surface area contributed by atoms with Gasteiger partial charge in [0.2, 0.25) is 0 Å². The van der Waals surface area contributed by atoms with E-state index in [1.807, 2.05) is 12.1 Å². The maximum absolute atomic E-state index is 5.42. The van der Waals surface area contributed by atoms with Crippen molar-refractivity contribution in [2.75, 3.05) is 12.4 Å². The van der Waals surface area contributed by atoms with Gasteiger partial charge in [-0.2, -0.15) is 0 Å². The van der Waals surface area contributed by atoms with Crippen molar-refractivity contribution >= 4 is 32.5 Å². The number of hydrogen-bond donors (Lipinski definition) is 1. The smallest absolute Gasteiger partial charge is 0.144 e. The topological polar surface area (TPSA) is 34.1 Å². The van der Waals surface area contributed by atoms with Crippen LogP contribution >= 0.6 is 15.9 Å². The van der Waals surface area contributed by atoms with E-state index in [1.54, 1.807) is 13.3 Å². The SMILES string of the molecule is COc1cc2nccc(Br)c2cc1NC(C)(C)C. The van der Waals surface area contributed by atoms with Crippen LogP contribution in [0.15, 0.2) is 28.9 Å². The van der Waals surface area contributed by atoms with Gasteiger partial charge >= 0.3 is 0 Å². The molecule has 0 saturated heterocycles. The van der Waals surface area contributed by atoms with Gasteiger partial charge in [-0.05, 0) is 32.9 Å². The second-order valence-electron chi connectivity index (χ2n) is 5.24. The Morgan fingerprint density at radius 3 is 2.61 bits per heavy atom. The molecule has 1 N–H and O–H groups in total. The molecule has 0 aliphatic heterocycles. The number of pyridine rings is 1. The van der Waals surface area contributed by atoms with E-state index in [9.17, 15) is 0 Å². The first-order valence-electron chi connectivity index (χ1n) is 5.81. The third kappa shape index (κ3) is 2.75. The molecule has 0 aliphatic carbocycles. The summed E-state index contributed by atoms with van der Waals surface area (Å²) in [5, 5.41) is 4.52.